The van der Waals surface area contributed by atoms with Gasteiger partial charge in [0.05, 0.1) is 11.5 Å². The Labute approximate surface area is 196 Å². The van der Waals surface area contributed by atoms with E-state index in [1.807, 2.05) is 49.1 Å². The number of hydrogen-bond acceptors (Lipinski definition) is 3. The number of amides is 1. The molecule has 0 radical (unpaired) electrons. The summed E-state index contributed by atoms with van der Waals surface area (Å²) in [4.78, 5) is 17.9. The Morgan fingerprint density at radius 2 is 1.70 bits per heavy atom. The molecule has 1 N–H and O–H groups in total. The molecule has 4 nitrogen and oxygen atoms in total. The van der Waals surface area contributed by atoms with Crippen LogP contribution < -0.4 is 0 Å². The van der Waals surface area contributed by atoms with Gasteiger partial charge in [0.2, 0.25) is 5.91 Å². The first-order valence-electron chi connectivity index (χ1n) is 12.2. The molecule has 6 heteroatoms. The largest absolute Gasteiger partial charge is 0.384 e. The van der Waals surface area contributed by atoms with Crippen molar-refractivity contribution < 1.29 is 18.7 Å². The van der Waals surface area contributed by atoms with E-state index in [0.717, 1.165) is 11.6 Å². The van der Waals surface area contributed by atoms with Gasteiger partial charge in [0, 0.05) is 56.1 Å². The molecule has 1 aliphatic carbocycles. The normalized spacial score (nSPS) is 35.5. The number of halogens is 2. The Kier molecular flexibility index (Phi) is 6.79. The van der Waals surface area contributed by atoms with Gasteiger partial charge in [-0.3, -0.25) is 9.69 Å². The molecular weight excluding hydrogens is 422 g/mol. The highest BCUT2D eigenvalue weighted by atomic mass is 19.1. The van der Waals surface area contributed by atoms with Gasteiger partial charge in [-0.05, 0) is 37.8 Å². The highest BCUT2D eigenvalue weighted by molar-refractivity contribution is 5.80. The first-order valence-corrected chi connectivity index (χ1v) is 12.2. The third kappa shape index (κ3) is 4.40. The zero-order valence-corrected chi connectivity index (χ0v) is 20.0. The van der Waals surface area contributed by atoms with Crippen LogP contribution in [0.5, 0.6) is 0 Å². The van der Waals surface area contributed by atoms with Crippen LogP contribution >= 0.6 is 0 Å². The van der Waals surface area contributed by atoms with Crippen LogP contribution in [0.2, 0.25) is 0 Å². The fourth-order valence-corrected chi connectivity index (χ4v) is 6.17. The number of rotatable bonds is 4. The van der Waals surface area contributed by atoms with Gasteiger partial charge < -0.3 is 10.0 Å². The number of carbonyl (C=O) groups is 1. The monoisotopic (exact) mass is 458 g/mol. The second-order valence-electron chi connectivity index (χ2n) is 10.5. The van der Waals surface area contributed by atoms with Gasteiger partial charge in [0.1, 0.15) is 11.7 Å². The fraction of sp³-hybridized carbons (Fsp3) is 0.593. The molecule has 0 spiro atoms. The molecule has 3 aliphatic rings. The maximum Gasteiger partial charge on any atom is 0.227 e. The summed E-state index contributed by atoms with van der Waals surface area (Å²) in [6, 6.07) is 9.93. The third-order valence-corrected chi connectivity index (χ3v) is 8.19. The minimum Gasteiger partial charge on any atom is -0.384 e. The lowest BCUT2D eigenvalue weighted by Gasteiger charge is -2.49. The summed E-state index contributed by atoms with van der Waals surface area (Å²) < 4.78 is 28.4. The number of piperidine rings is 1. The van der Waals surface area contributed by atoms with Crippen molar-refractivity contribution in [2.75, 3.05) is 26.2 Å². The molecule has 2 aliphatic heterocycles. The lowest BCUT2D eigenvalue weighted by Crippen LogP contribution is -2.57. The van der Waals surface area contributed by atoms with Crippen LogP contribution in [0, 0.1) is 29.6 Å². The fourth-order valence-electron chi connectivity index (χ4n) is 6.17. The molecule has 0 bridgehead atoms. The van der Waals surface area contributed by atoms with E-state index < -0.39 is 23.2 Å². The molecule has 1 amide bonds. The number of hydrogen-bond donors (Lipinski definition) is 1. The number of carbonyl (C=O) groups excluding carboxylic acids is 1. The number of likely N-dealkylation sites (tertiary alicyclic amines) is 2. The quantitative estimate of drug-likeness (QED) is 0.713. The number of allylic oxidation sites excluding steroid dienone is 4. The topological polar surface area (TPSA) is 43.8 Å². The van der Waals surface area contributed by atoms with Crippen molar-refractivity contribution in [2.24, 2.45) is 29.6 Å². The van der Waals surface area contributed by atoms with Crippen molar-refractivity contribution in [2.45, 2.75) is 45.8 Å². The molecule has 2 heterocycles. The SMILES string of the molecule is CC(C)N1C[C@@H](C(=O)N2C[C@@H](C)[C@](O)(c3ccccc3)[C@@H](C)C2)[C@H](C2CC=C(F)C=C2F)C1. The highest BCUT2D eigenvalue weighted by Crippen LogP contribution is 2.44. The lowest BCUT2D eigenvalue weighted by molar-refractivity contribution is -0.153. The average Bonchev–Trinajstić information content (AvgIpc) is 3.22. The van der Waals surface area contributed by atoms with Gasteiger partial charge in [-0.1, -0.05) is 44.2 Å². The van der Waals surface area contributed by atoms with E-state index in [4.69, 9.17) is 0 Å². The summed E-state index contributed by atoms with van der Waals surface area (Å²) in [7, 11) is 0. The van der Waals surface area contributed by atoms with Crippen LogP contribution in [-0.2, 0) is 10.4 Å². The zero-order valence-electron chi connectivity index (χ0n) is 20.0. The van der Waals surface area contributed by atoms with Crippen LogP contribution in [0.15, 0.2) is 54.1 Å². The van der Waals surface area contributed by atoms with E-state index in [0.29, 0.717) is 26.2 Å². The second-order valence-corrected chi connectivity index (χ2v) is 10.5. The van der Waals surface area contributed by atoms with E-state index in [9.17, 15) is 18.7 Å². The predicted octanol–water partition coefficient (Wildman–Crippen LogP) is 4.67. The Morgan fingerprint density at radius 3 is 2.27 bits per heavy atom. The number of nitrogens with zero attached hydrogens (tertiary/aromatic N) is 2. The van der Waals surface area contributed by atoms with Crippen molar-refractivity contribution in [3.63, 3.8) is 0 Å². The first-order chi connectivity index (χ1) is 15.6. The molecule has 0 saturated carbocycles. The van der Waals surface area contributed by atoms with Crippen molar-refractivity contribution in [3.05, 3.63) is 59.7 Å². The molecule has 2 saturated heterocycles. The summed E-state index contributed by atoms with van der Waals surface area (Å²) >= 11 is 0. The number of aliphatic hydroxyl groups is 1. The molecule has 4 rings (SSSR count). The van der Waals surface area contributed by atoms with Gasteiger partial charge in [0.25, 0.3) is 0 Å². The van der Waals surface area contributed by atoms with E-state index >= 15 is 0 Å². The summed E-state index contributed by atoms with van der Waals surface area (Å²) in [6.07, 6.45) is 2.69. The van der Waals surface area contributed by atoms with Gasteiger partial charge in [0.15, 0.2) is 0 Å². The molecular formula is C27H36F2N2O2. The molecule has 0 aromatic heterocycles. The summed E-state index contributed by atoms with van der Waals surface area (Å²) in [6.45, 7) is 10.3. The maximum atomic E-state index is 14.8. The standard InChI is InChI=1S/C27H36F2N2O2/c1-17(2)30-15-23(22-11-10-21(28)12-25(22)29)24(16-30)26(32)31-13-18(3)27(33,19(4)14-31)20-8-6-5-7-9-20/h5-10,12,17-19,22-24,33H,11,13-16H2,1-4H3/t18-,19+,22?,23-,24+,27-/m0/s1. The Hall–Kier alpha value is -2.05. The smallest absolute Gasteiger partial charge is 0.227 e. The minimum atomic E-state index is -1.00. The van der Waals surface area contributed by atoms with E-state index in [1.54, 1.807) is 0 Å². The zero-order chi connectivity index (χ0) is 23.9. The summed E-state index contributed by atoms with van der Waals surface area (Å²) in [5.74, 6) is -2.25. The van der Waals surface area contributed by atoms with E-state index in [2.05, 4.69) is 18.7 Å². The maximum absolute atomic E-state index is 14.8. The second kappa shape index (κ2) is 9.30. The molecule has 2 fully saturated rings. The molecule has 33 heavy (non-hydrogen) atoms. The molecule has 1 aromatic rings. The van der Waals surface area contributed by atoms with Crippen molar-refractivity contribution in [1.82, 2.24) is 9.80 Å². The number of benzene rings is 1. The van der Waals surface area contributed by atoms with Crippen LogP contribution in [0.25, 0.3) is 0 Å². The van der Waals surface area contributed by atoms with Gasteiger partial charge in [-0.25, -0.2) is 8.78 Å². The van der Waals surface area contributed by atoms with E-state index in [1.165, 1.54) is 6.08 Å². The molecule has 6 atom stereocenters. The predicted molar refractivity (Wildman–Crippen MR) is 125 cm³/mol. The van der Waals surface area contributed by atoms with Crippen molar-refractivity contribution >= 4 is 5.91 Å². The summed E-state index contributed by atoms with van der Waals surface area (Å²) in [5, 5.41) is 11.6. The Bertz CT molecular complexity index is 917. The van der Waals surface area contributed by atoms with Crippen molar-refractivity contribution in [1.29, 1.82) is 0 Å². The van der Waals surface area contributed by atoms with Crippen LogP contribution in [0.3, 0.4) is 0 Å². The Morgan fingerprint density at radius 1 is 1.06 bits per heavy atom. The minimum absolute atomic E-state index is 0.0276. The van der Waals surface area contributed by atoms with Crippen LogP contribution in [0.4, 0.5) is 8.78 Å². The highest BCUT2D eigenvalue weighted by Gasteiger charge is 2.50. The van der Waals surface area contributed by atoms with Gasteiger partial charge in [-0.15, -0.1) is 0 Å². The lowest BCUT2D eigenvalue weighted by atomic mass is 9.70. The van der Waals surface area contributed by atoms with Crippen molar-refractivity contribution in [3.8, 4) is 0 Å². The summed E-state index contributed by atoms with van der Waals surface area (Å²) in [5.41, 5.74) is -0.123. The van der Waals surface area contributed by atoms with E-state index in [-0.39, 0.29) is 42.0 Å². The third-order valence-electron chi connectivity index (χ3n) is 8.19. The Balaban J connectivity index is 1.55. The van der Waals surface area contributed by atoms with Crippen LogP contribution in [0.1, 0.15) is 39.7 Å². The van der Waals surface area contributed by atoms with Crippen LogP contribution in [-0.4, -0.2) is 53.0 Å². The average molecular weight is 459 g/mol. The van der Waals surface area contributed by atoms with Gasteiger partial charge >= 0.3 is 0 Å². The van der Waals surface area contributed by atoms with Gasteiger partial charge in [-0.2, -0.15) is 0 Å². The first kappa shape index (κ1) is 24.1. The molecule has 1 aromatic carbocycles. The molecule has 1 unspecified atom stereocenters. The molecule has 180 valence electrons.